The molecule has 106 valence electrons. The van der Waals surface area contributed by atoms with Crippen LogP contribution >= 0.6 is 11.8 Å². The van der Waals surface area contributed by atoms with E-state index in [4.69, 9.17) is 10.8 Å². The number of carboxylic acids is 1. The third-order valence-corrected chi connectivity index (χ3v) is 3.19. The van der Waals surface area contributed by atoms with Crippen molar-refractivity contribution in [2.75, 3.05) is 12.0 Å². The molecule has 0 saturated heterocycles. The van der Waals surface area contributed by atoms with E-state index in [0.717, 1.165) is 16.4 Å². The maximum atomic E-state index is 13.7. The Morgan fingerprint density at radius 1 is 1.30 bits per heavy atom. The number of rotatable bonds is 3. The van der Waals surface area contributed by atoms with Gasteiger partial charge in [0.2, 0.25) is 0 Å². The number of nitrogens with two attached hydrogens (primary N) is 1. The molecule has 0 aliphatic rings. The predicted molar refractivity (Wildman–Crippen MR) is 66.6 cm³/mol. The Bertz CT molecular complexity index is 703. The first-order valence-electron chi connectivity index (χ1n) is 5.17. The van der Waals surface area contributed by atoms with E-state index in [-0.39, 0.29) is 16.4 Å². The number of anilines is 1. The molecule has 0 spiro atoms. The quantitative estimate of drug-likeness (QED) is 0.671. The molecular weight excluding hydrogens is 295 g/mol. The van der Waals surface area contributed by atoms with Crippen molar-refractivity contribution in [3.63, 3.8) is 0 Å². The molecule has 0 aliphatic carbocycles. The Labute approximate surface area is 115 Å². The average molecular weight is 303 g/mol. The standard InChI is InChI=1S/C11H8F3N3O2S/c1-20-10-8(11(18)19)9(15)17(16-10)7-3-5(13)4(12)2-6(7)14/h2-3H,15H2,1H3,(H,18,19). The van der Waals surface area contributed by atoms with Crippen LogP contribution in [0.15, 0.2) is 17.2 Å². The van der Waals surface area contributed by atoms with Crippen LogP contribution in [0, 0.1) is 17.5 Å². The lowest BCUT2D eigenvalue weighted by molar-refractivity contribution is 0.0694. The van der Waals surface area contributed by atoms with E-state index in [0.29, 0.717) is 12.1 Å². The highest BCUT2D eigenvalue weighted by Crippen LogP contribution is 2.28. The Morgan fingerprint density at radius 2 is 1.90 bits per heavy atom. The minimum atomic E-state index is -1.36. The van der Waals surface area contributed by atoms with E-state index in [2.05, 4.69) is 5.10 Å². The first-order valence-corrected chi connectivity index (χ1v) is 6.40. The van der Waals surface area contributed by atoms with Crippen molar-refractivity contribution in [1.29, 1.82) is 0 Å². The summed E-state index contributed by atoms with van der Waals surface area (Å²) in [6.45, 7) is 0. The highest BCUT2D eigenvalue weighted by molar-refractivity contribution is 7.98. The second-order valence-corrected chi connectivity index (χ2v) is 4.50. The number of hydrogen-bond acceptors (Lipinski definition) is 4. The molecule has 9 heteroatoms. The molecule has 0 atom stereocenters. The highest BCUT2D eigenvalue weighted by Gasteiger charge is 2.24. The number of thioether (sulfide) groups is 1. The molecule has 2 rings (SSSR count). The van der Waals surface area contributed by atoms with Gasteiger partial charge in [0, 0.05) is 12.1 Å². The van der Waals surface area contributed by atoms with Crippen LogP contribution in [0.3, 0.4) is 0 Å². The number of nitrogen functional groups attached to an aromatic ring is 1. The molecule has 0 radical (unpaired) electrons. The summed E-state index contributed by atoms with van der Waals surface area (Å²) in [4.78, 5) is 11.1. The SMILES string of the molecule is CSc1nn(-c2cc(F)c(F)cc2F)c(N)c1C(=O)O. The number of benzene rings is 1. The third-order valence-electron chi connectivity index (χ3n) is 2.51. The number of aromatic carboxylic acids is 1. The number of nitrogens with zero attached hydrogens (tertiary/aromatic N) is 2. The Hall–Kier alpha value is -2.16. The predicted octanol–water partition coefficient (Wildman–Crippen LogP) is 2.29. The van der Waals surface area contributed by atoms with Gasteiger partial charge in [0.05, 0.1) is 0 Å². The van der Waals surface area contributed by atoms with Crippen LogP contribution in [0.5, 0.6) is 0 Å². The Morgan fingerprint density at radius 3 is 2.40 bits per heavy atom. The summed E-state index contributed by atoms with van der Waals surface area (Å²) in [7, 11) is 0. The van der Waals surface area contributed by atoms with Gasteiger partial charge in [-0.15, -0.1) is 11.8 Å². The summed E-state index contributed by atoms with van der Waals surface area (Å²) >= 11 is 0.984. The van der Waals surface area contributed by atoms with Gasteiger partial charge in [-0.2, -0.15) is 5.10 Å². The molecular formula is C11H8F3N3O2S. The smallest absolute Gasteiger partial charge is 0.342 e. The summed E-state index contributed by atoms with van der Waals surface area (Å²) < 4.78 is 40.5. The minimum Gasteiger partial charge on any atom is -0.477 e. The van der Waals surface area contributed by atoms with Gasteiger partial charge in [0.25, 0.3) is 0 Å². The van der Waals surface area contributed by atoms with Gasteiger partial charge >= 0.3 is 5.97 Å². The first kappa shape index (κ1) is 14.3. The van der Waals surface area contributed by atoms with Crippen LogP contribution in [-0.2, 0) is 0 Å². The van der Waals surface area contributed by atoms with Crippen LogP contribution in [0.2, 0.25) is 0 Å². The van der Waals surface area contributed by atoms with Crippen LogP contribution < -0.4 is 5.73 Å². The van der Waals surface area contributed by atoms with Crippen molar-refractivity contribution in [3.8, 4) is 5.69 Å². The lowest BCUT2D eigenvalue weighted by Crippen LogP contribution is -2.08. The van der Waals surface area contributed by atoms with Crippen molar-refractivity contribution < 1.29 is 23.1 Å². The fourth-order valence-corrected chi connectivity index (χ4v) is 2.17. The zero-order valence-electron chi connectivity index (χ0n) is 10.0. The molecule has 0 aliphatic heterocycles. The molecule has 0 fully saturated rings. The third kappa shape index (κ3) is 2.20. The lowest BCUT2D eigenvalue weighted by atomic mass is 10.2. The second-order valence-electron chi connectivity index (χ2n) is 3.70. The number of aromatic nitrogens is 2. The summed E-state index contributed by atoms with van der Waals surface area (Å²) in [5, 5.41) is 12.9. The van der Waals surface area contributed by atoms with Gasteiger partial charge in [0.15, 0.2) is 17.5 Å². The van der Waals surface area contributed by atoms with Crippen LogP contribution in [0.1, 0.15) is 10.4 Å². The van der Waals surface area contributed by atoms with Gasteiger partial charge in [0.1, 0.15) is 22.1 Å². The highest BCUT2D eigenvalue weighted by atomic mass is 32.2. The normalized spacial score (nSPS) is 10.8. The van der Waals surface area contributed by atoms with Gasteiger partial charge in [-0.05, 0) is 6.26 Å². The maximum Gasteiger partial charge on any atom is 0.342 e. The summed E-state index contributed by atoms with van der Waals surface area (Å²) in [5.74, 6) is -5.48. The zero-order chi connectivity index (χ0) is 15.0. The van der Waals surface area contributed by atoms with E-state index in [1.54, 1.807) is 6.26 Å². The molecule has 0 unspecified atom stereocenters. The molecule has 1 aromatic carbocycles. The Kier molecular flexibility index (Phi) is 3.62. The summed E-state index contributed by atoms with van der Waals surface area (Å²) in [6, 6.07) is 0.898. The molecule has 3 N–H and O–H groups in total. The van der Waals surface area contributed by atoms with Crippen LogP contribution in [-0.4, -0.2) is 27.1 Å². The van der Waals surface area contributed by atoms with E-state index < -0.39 is 29.1 Å². The largest absolute Gasteiger partial charge is 0.477 e. The topological polar surface area (TPSA) is 81.1 Å². The van der Waals surface area contributed by atoms with Gasteiger partial charge < -0.3 is 10.8 Å². The van der Waals surface area contributed by atoms with E-state index >= 15 is 0 Å². The number of carboxylic acid groups (broad SMARTS) is 1. The Balaban J connectivity index is 2.71. The van der Waals surface area contributed by atoms with Crippen molar-refractivity contribution in [3.05, 3.63) is 35.1 Å². The van der Waals surface area contributed by atoms with Gasteiger partial charge in [-0.3, -0.25) is 0 Å². The van der Waals surface area contributed by atoms with E-state index in [9.17, 15) is 18.0 Å². The van der Waals surface area contributed by atoms with Crippen LogP contribution in [0.4, 0.5) is 19.0 Å². The lowest BCUT2D eigenvalue weighted by Gasteiger charge is -2.06. The molecule has 0 bridgehead atoms. The first-order chi connectivity index (χ1) is 9.36. The van der Waals surface area contributed by atoms with E-state index in [1.807, 2.05) is 0 Å². The zero-order valence-corrected chi connectivity index (χ0v) is 10.8. The number of hydrogen-bond donors (Lipinski definition) is 2. The van der Waals surface area contributed by atoms with Crippen molar-refractivity contribution in [2.45, 2.75) is 5.03 Å². The molecule has 0 amide bonds. The average Bonchev–Trinajstić information content (AvgIpc) is 2.71. The molecule has 20 heavy (non-hydrogen) atoms. The summed E-state index contributed by atoms with van der Waals surface area (Å²) in [6.07, 6.45) is 1.56. The minimum absolute atomic E-state index is 0.0409. The fourth-order valence-electron chi connectivity index (χ4n) is 1.61. The summed E-state index contributed by atoms with van der Waals surface area (Å²) in [5.41, 5.74) is 4.81. The maximum absolute atomic E-state index is 13.7. The molecule has 1 aromatic heterocycles. The molecule has 5 nitrogen and oxygen atoms in total. The molecule has 1 heterocycles. The number of carbonyl (C=O) groups is 1. The monoisotopic (exact) mass is 303 g/mol. The molecule has 0 saturated carbocycles. The van der Waals surface area contributed by atoms with Gasteiger partial charge in [-0.25, -0.2) is 22.6 Å². The van der Waals surface area contributed by atoms with E-state index in [1.165, 1.54) is 0 Å². The number of halogens is 3. The van der Waals surface area contributed by atoms with Crippen molar-refractivity contribution >= 4 is 23.5 Å². The van der Waals surface area contributed by atoms with Gasteiger partial charge in [-0.1, -0.05) is 0 Å². The van der Waals surface area contributed by atoms with Crippen molar-refractivity contribution in [1.82, 2.24) is 9.78 Å². The van der Waals surface area contributed by atoms with Crippen LogP contribution in [0.25, 0.3) is 5.69 Å². The fraction of sp³-hybridized carbons (Fsp3) is 0.0909. The second kappa shape index (κ2) is 5.08. The molecule has 2 aromatic rings. The van der Waals surface area contributed by atoms with Crippen molar-refractivity contribution in [2.24, 2.45) is 0 Å².